The zero-order valence-corrected chi connectivity index (χ0v) is 6.76. The number of aliphatic carboxylic acids is 1. The van der Waals surface area contributed by atoms with Crippen LogP contribution in [-0.2, 0) is 4.79 Å². The summed E-state index contributed by atoms with van der Waals surface area (Å²) in [6, 6.07) is 0. The Morgan fingerprint density at radius 2 is 2.12 bits per heavy atom. The molecule has 38 valence electrons. The Hall–Kier alpha value is -0.0500. The third-order valence-electron chi connectivity index (χ3n) is 0.368. The van der Waals surface area contributed by atoms with Crippen molar-refractivity contribution in [2.45, 2.75) is 0 Å². The fraction of sp³-hybridized carbons (Fsp3) is 0. The van der Waals surface area contributed by atoms with E-state index in [1.807, 2.05) is 0 Å². The van der Waals surface area contributed by atoms with Crippen LogP contribution in [0, 0.1) is 0 Å². The monoisotopic (exact) mass is 120 g/mol. The molecule has 0 fully saturated rings. The molecule has 0 bridgehead atoms. The summed E-state index contributed by atoms with van der Waals surface area (Å²) in [5.74, 6) is -1.19. The Balaban J connectivity index is 0. The maximum atomic E-state index is 9.51. The molecule has 0 aliphatic heterocycles. The zero-order chi connectivity index (χ0) is 5.70. The Kier molecular flexibility index (Phi) is 9.42. The van der Waals surface area contributed by atoms with Gasteiger partial charge in [0, 0.05) is 0 Å². The van der Waals surface area contributed by atoms with E-state index < -0.39 is 5.97 Å². The third kappa shape index (κ3) is 9.34. The molecule has 0 radical (unpaired) electrons. The summed E-state index contributed by atoms with van der Waals surface area (Å²) in [5.41, 5.74) is 0. The average Bonchev–Trinajstić information content (AvgIpc) is 1.61. The Labute approximate surface area is 70.2 Å². The molecule has 2 nitrogen and oxygen atoms in total. The number of rotatable bonds is 2. The fourth-order valence-electron chi connectivity index (χ4n) is 0.147. The van der Waals surface area contributed by atoms with Crippen LogP contribution in [0.4, 0.5) is 0 Å². The number of hydrogen-bond acceptors (Lipinski definition) is 2. The summed E-state index contributed by atoms with van der Waals surface area (Å²) < 4.78 is 0. The standard InChI is InChI=1S/C5H6O2.Na/c1-2-3-4-5(6)7;/h2-4H,1H2,(H,6,7);/q;+1/p-1/b4-3+;. The van der Waals surface area contributed by atoms with Crippen LogP contribution >= 0.6 is 0 Å². The molecule has 0 aromatic rings. The first-order chi connectivity index (χ1) is 3.27. The van der Waals surface area contributed by atoms with E-state index in [2.05, 4.69) is 6.58 Å². The van der Waals surface area contributed by atoms with Crippen LogP contribution in [0.3, 0.4) is 0 Å². The van der Waals surface area contributed by atoms with Crippen LogP contribution in [0.15, 0.2) is 24.8 Å². The molecule has 0 spiro atoms. The average molecular weight is 120 g/mol. The minimum atomic E-state index is -1.19. The summed E-state index contributed by atoms with van der Waals surface area (Å²) in [7, 11) is 0. The van der Waals surface area contributed by atoms with Gasteiger partial charge in [-0.05, 0) is 6.08 Å². The van der Waals surface area contributed by atoms with E-state index in [0.29, 0.717) is 0 Å². The van der Waals surface area contributed by atoms with E-state index in [1.54, 1.807) is 0 Å². The molecular weight excluding hydrogens is 115 g/mol. The van der Waals surface area contributed by atoms with Crippen LogP contribution < -0.4 is 34.7 Å². The quantitative estimate of drug-likeness (QED) is 0.215. The maximum absolute atomic E-state index is 9.51. The first-order valence-electron chi connectivity index (χ1n) is 1.77. The van der Waals surface area contributed by atoms with Gasteiger partial charge in [-0.15, -0.1) is 0 Å². The largest absolute Gasteiger partial charge is 1.00 e. The molecule has 0 aliphatic rings. The molecule has 0 saturated heterocycles. The zero-order valence-electron chi connectivity index (χ0n) is 4.76. The third-order valence-corrected chi connectivity index (χ3v) is 0.368. The van der Waals surface area contributed by atoms with Crippen LogP contribution in [0.2, 0.25) is 0 Å². The molecule has 0 N–H and O–H groups in total. The van der Waals surface area contributed by atoms with Gasteiger partial charge in [0.15, 0.2) is 0 Å². The van der Waals surface area contributed by atoms with Crippen LogP contribution in [-0.4, -0.2) is 5.97 Å². The van der Waals surface area contributed by atoms with Gasteiger partial charge < -0.3 is 9.90 Å². The summed E-state index contributed by atoms with van der Waals surface area (Å²) in [5, 5.41) is 9.51. The van der Waals surface area contributed by atoms with Crippen molar-refractivity contribution < 1.29 is 39.5 Å². The second-order valence-electron chi connectivity index (χ2n) is 0.914. The van der Waals surface area contributed by atoms with Crippen molar-refractivity contribution in [3.63, 3.8) is 0 Å². The van der Waals surface area contributed by atoms with Gasteiger partial charge in [0.05, 0.1) is 5.97 Å². The smallest absolute Gasteiger partial charge is 0.545 e. The minimum absolute atomic E-state index is 0. The molecule has 0 aliphatic carbocycles. The second kappa shape index (κ2) is 6.95. The first-order valence-corrected chi connectivity index (χ1v) is 1.77. The summed E-state index contributed by atoms with van der Waals surface area (Å²) in [6.07, 6.45) is 3.58. The summed E-state index contributed by atoms with van der Waals surface area (Å²) in [6.45, 7) is 3.25. The number of carboxylic acid groups (broad SMARTS) is 1. The van der Waals surface area contributed by atoms with Crippen molar-refractivity contribution in [3.05, 3.63) is 24.8 Å². The Bertz CT molecular complexity index is 107. The van der Waals surface area contributed by atoms with Gasteiger partial charge in [0.2, 0.25) is 0 Å². The normalized spacial score (nSPS) is 8.00. The van der Waals surface area contributed by atoms with Crippen molar-refractivity contribution in [3.8, 4) is 0 Å². The van der Waals surface area contributed by atoms with Gasteiger partial charge in [-0.2, -0.15) is 0 Å². The van der Waals surface area contributed by atoms with E-state index in [4.69, 9.17) is 0 Å². The van der Waals surface area contributed by atoms with E-state index in [9.17, 15) is 9.90 Å². The molecule has 0 rings (SSSR count). The maximum Gasteiger partial charge on any atom is 1.00 e. The minimum Gasteiger partial charge on any atom is -0.545 e. The Morgan fingerprint density at radius 1 is 1.62 bits per heavy atom. The number of carbonyl (C=O) groups excluding carboxylic acids is 1. The predicted octanol–water partition coefficient (Wildman–Crippen LogP) is -3.52. The van der Waals surface area contributed by atoms with Crippen molar-refractivity contribution in [2.24, 2.45) is 0 Å². The van der Waals surface area contributed by atoms with Crippen LogP contribution in [0.1, 0.15) is 0 Å². The van der Waals surface area contributed by atoms with Gasteiger partial charge in [0.25, 0.3) is 0 Å². The molecule has 8 heavy (non-hydrogen) atoms. The van der Waals surface area contributed by atoms with Crippen molar-refractivity contribution in [1.29, 1.82) is 0 Å². The van der Waals surface area contributed by atoms with Gasteiger partial charge in [-0.25, -0.2) is 0 Å². The SMILES string of the molecule is C=C/C=C/C(=O)[O-].[Na+]. The second-order valence-corrected chi connectivity index (χ2v) is 0.914. The Morgan fingerprint density at radius 3 is 2.25 bits per heavy atom. The van der Waals surface area contributed by atoms with Crippen LogP contribution in [0.5, 0.6) is 0 Å². The molecule has 0 atom stereocenters. The number of carboxylic acids is 1. The molecule has 0 unspecified atom stereocenters. The number of carbonyl (C=O) groups is 1. The fourth-order valence-corrected chi connectivity index (χ4v) is 0.147. The van der Waals surface area contributed by atoms with E-state index in [0.717, 1.165) is 6.08 Å². The van der Waals surface area contributed by atoms with Gasteiger partial charge in [0.1, 0.15) is 0 Å². The van der Waals surface area contributed by atoms with Gasteiger partial charge >= 0.3 is 29.6 Å². The van der Waals surface area contributed by atoms with E-state index in [1.165, 1.54) is 12.2 Å². The number of allylic oxidation sites excluding steroid dienone is 2. The summed E-state index contributed by atoms with van der Waals surface area (Å²) in [4.78, 5) is 9.51. The number of hydrogen-bond donors (Lipinski definition) is 0. The van der Waals surface area contributed by atoms with E-state index in [-0.39, 0.29) is 29.6 Å². The molecular formula is C5H5NaO2. The molecule has 0 heterocycles. The molecule has 3 heteroatoms. The molecule has 0 aromatic heterocycles. The van der Waals surface area contributed by atoms with Gasteiger partial charge in [-0.3, -0.25) is 0 Å². The van der Waals surface area contributed by atoms with Gasteiger partial charge in [-0.1, -0.05) is 18.7 Å². The molecule has 0 saturated carbocycles. The van der Waals surface area contributed by atoms with Crippen molar-refractivity contribution in [2.75, 3.05) is 0 Å². The molecule has 0 aromatic carbocycles. The van der Waals surface area contributed by atoms with E-state index >= 15 is 0 Å². The van der Waals surface area contributed by atoms with Crippen LogP contribution in [0.25, 0.3) is 0 Å². The molecule has 0 amide bonds. The predicted molar refractivity (Wildman–Crippen MR) is 24.3 cm³/mol. The topological polar surface area (TPSA) is 40.1 Å². The van der Waals surface area contributed by atoms with Crippen molar-refractivity contribution in [1.82, 2.24) is 0 Å². The van der Waals surface area contributed by atoms with Crippen molar-refractivity contribution >= 4 is 5.97 Å². The first kappa shape index (κ1) is 10.8. The summed E-state index contributed by atoms with van der Waals surface area (Å²) >= 11 is 0.